The fourth-order valence-corrected chi connectivity index (χ4v) is 4.64. The molecule has 2 heterocycles. The van der Waals surface area contributed by atoms with Crippen molar-refractivity contribution < 1.29 is 13.2 Å². The molecule has 0 amide bonds. The van der Waals surface area contributed by atoms with Crippen LogP contribution in [0, 0.1) is 13.8 Å². The summed E-state index contributed by atoms with van der Waals surface area (Å²) >= 11 is 5.91. The van der Waals surface area contributed by atoms with Crippen LogP contribution in [0.4, 0.5) is 0 Å². The standard InChI is InChI=1S/C15H18ClN3O3S/c1-11-15(23(20,21)18-7-9-22-10-8-18)12(2)19(17-11)14-5-3-13(16)4-6-14/h3-6H,7-10H2,1-2H3. The van der Waals surface area contributed by atoms with E-state index in [9.17, 15) is 8.42 Å². The molecule has 1 saturated heterocycles. The highest BCUT2D eigenvalue weighted by molar-refractivity contribution is 7.89. The Morgan fingerprint density at radius 3 is 2.35 bits per heavy atom. The maximum atomic E-state index is 12.9. The van der Waals surface area contributed by atoms with Crippen LogP contribution < -0.4 is 0 Å². The molecule has 1 fully saturated rings. The number of hydrogen-bond acceptors (Lipinski definition) is 4. The van der Waals surface area contributed by atoms with Crippen LogP contribution in [-0.4, -0.2) is 48.8 Å². The molecule has 0 radical (unpaired) electrons. The molecule has 0 saturated carbocycles. The minimum atomic E-state index is -3.57. The zero-order chi connectivity index (χ0) is 16.6. The first-order valence-electron chi connectivity index (χ1n) is 7.31. The Hall–Kier alpha value is -1.41. The molecule has 1 aromatic heterocycles. The van der Waals surface area contributed by atoms with Gasteiger partial charge in [-0.25, -0.2) is 13.1 Å². The second-order valence-electron chi connectivity index (χ2n) is 5.40. The molecule has 0 unspecified atom stereocenters. The van der Waals surface area contributed by atoms with Gasteiger partial charge in [-0.15, -0.1) is 0 Å². The molecule has 0 spiro atoms. The Bertz CT molecular complexity index is 809. The molecule has 0 aliphatic carbocycles. The summed E-state index contributed by atoms with van der Waals surface area (Å²) in [5, 5.41) is 5.03. The normalized spacial score (nSPS) is 16.7. The lowest BCUT2D eigenvalue weighted by atomic mass is 10.3. The monoisotopic (exact) mass is 355 g/mol. The average molecular weight is 356 g/mol. The van der Waals surface area contributed by atoms with Crippen molar-refractivity contribution in [2.45, 2.75) is 18.7 Å². The van der Waals surface area contributed by atoms with Crippen molar-refractivity contribution in [1.82, 2.24) is 14.1 Å². The molecule has 1 aliphatic heterocycles. The van der Waals surface area contributed by atoms with Gasteiger partial charge in [-0.2, -0.15) is 9.40 Å². The third-order valence-corrected chi connectivity index (χ3v) is 6.27. The van der Waals surface area contributed by atoms with Gasteiger partial charge in [0.05, 0.1) is 30.3 Å². The number of sulfonamides is 1. The lowest BCUT2D eigenvalue weighted by molar-refractivity contribution is 0.0730. The quantitative estimate of drug-likeness (QED) is 0.846. The van der Waals surface area contributed by atoms with Crippen LogP contribution in [0.25, 0.3) is 5.69 Å². The third kappa shape index (κ3) is 3.01. The molecule has 8 heteroatoms. The highest BCUT2D eigenvalue weighted by Gasteiger charge is 2.32. The van der Waals surface area contributed by atoms with Gasteiger partial charge in [0.15, 0.2) is 0 Å². The Labute approximate surface area is 140 Å². The van der Waals surface area contributed by atoms with Gasteiger partial charge in [0, 0.05) is 18.1 Å². The Balaban J connectivity index is 2.05. The van der Waals surface area contributed by atoms with E-state index >= 15 is 0 Å². The summed E-state index contributed by atoms with van der Waals surface area (Å²) in [6, 6.07) is 7.13. The van der Waals surface area contributed by atoms with Crippen LogP contribution in [0.1, 0.15) is 11.4 Å². The lowest BCUT2D eigenvalue weighted by Crippen LogP contribution is -2.41. The van der Waals surface area contributed by atoms with Crippen molar-refractivity contribution in [2.24, 2.45) is 0 Å². The maximum Gasteiger partial charge on any atom is 0.246 e. The third-order valence-electron chi connectivity index (χ3n) is 3.86. The number of morpholine rings is 1. The van der Waals surface area contributed by atoms with E-state index in [-0.39, 0.29) is 4.90 Å². The zero-order valence-electron chi connectivity index (χ0n) is 13.0. The summed E-state index contributed by atoms with van der Waals surface area (Å²) < 4.78 is 34.2. The van der Waals surface area contributed by atoms with Crippen molar-refractivity contribution in [2.75, 3.05) is 26.3 Å². The smallest absolute Gasteiger partial charge is 0.246 e. The summed E-state index contributed by atoms with van der Waals surface area (Å²) in [6.45, 7) is 5.06. The molecule has 6 nitrogen and oxygen atoms in total. The molecule has 0 bridgehead atoms. The van der Waals surface area contributed by atoms with E-state index in [1.807, 2.05) is 12.1 Å². The summed E-state index contributed by atoms with van der Waals surface area (Å²) in [4.78, 5) is 0.273. The average Bonchev–Trinajstić information content (AvgIpc) is 2.84. The van der Waals surface area contributed by atoms with E-state index in [0.717, 1.165) is 5.69 Å². The molecule has 2 aromatic rings. The molecule has 1 aliphatic rings. The highest BCUT2D eigenvalue weighted by Crippen LogP contribution is 2.26. The van der Waals surface area contributed by atoms with Gasteiger partial charge in [-0.3, -0.25) is 0 Å². The number of benzene rings is 1. The van der Waals surface area contributed by atoms with Crippen molar-refractivity contribution in [1.29, 1.82) is 0 Å². The van der Waals surface area contributed by atoms with E-state index in [1.54, 1.807) is 30.7 Å². The number of hydrogen-bond donors (Lipinski definition) is 0. The molecule has 0 atom stereocenters. The number of aromatic nitrogens is 2. The second kappa shape index (κ2) is 6.24. The van der Waals surface area contributed by atoms with Crippen LogP contribution in [0.2, 0.25) is 5.02 Å². The van der Waals surface area contributed by atoms with Gasteiger partial charge in [0.2, 0.25) is 10.0 Å². The van der Waals surface area contributed by atoms with Crippen LogP contribution >= 0.6 is 11.6 Å². The van der Waals surface area contributed by atoms with Gasteiger partial charge < -0.3 is 4.74 Å². The van der Waals surface area contributed by atoms with E-state index in [2.05, 4.69) is 5.10 Å². The van der Waals surface area contributed by atoms with Crippen LogP contribution in [0.3, 0.4) is 0 Å². The predicted octanol–water partition coefficient (Wildman–Crippen LogP) is 2.16. The number of nitrogens with zero attached hydrogens (tertiary/aromatic N) is 3. The van der Waals surface area contributed by atoms with Gasteiger partial charge in [-0.05, 0) is 38.1 Å². The van der Waals surface area contributed by atoms with E-state index < -0.39 is 10.0 Å². The summed E-state index contributed by atoms with van der Waals surface area (Å²) in [5.41, 5.74) is 1.86. The molecule has 1 aromatic carbocycles. The van der Waals surface area contributed by atoms with Crippen LogP contribution in [0.5, 0.6) is 0 Å². The number of aryl methyl sites for hydroxylation is 1. The van der Waals surface area contributed by atoms with Gasteiger partial charge in [0.1, 0.15) is 4.90 Å². The van der Waals surface area contributed by atoms with Gasteiger partial charge in [0.25, 0.3) is 0 Å². The fraction of sp³-hybridized carbons (Fsp3) is 0.400. The van der Waals surface area contributed by atoms with E-state index in [1.165, 1.54) is 4.31 Å². The largest absolute Gasteiger partial charge is 0.379 e. The number of rotatable bonds is 3. The molecular weight excluding hydrogens is 338 g/mol. The van der Waals surface area contributed by atoms with Crippen LogP contribution in [0.15, 0.2) is 29.2 Å². The Morgan fingerprint density at radius 2 is 1.74 bits per heavy atom. The molecule has 124 valence electrons. The minimum Gasteiger partial charge on any atom is -0.379 e. The Kier molecular flexibility index (Phi) is 4.46. The van der Waals surface area contributed by atoms with Crippen molar-refractivity contribution in [3.8, 4) is 5.69 Å². The first-order valence-corrected chi connectivity index (χ1v) is 9.13. The zero-order valence-corrected chi connectivity index (χ0v) is 14.6. The SMILES string of the molecule is Cc1nn(-c2ccc(Cl)cc2)c(C)c1S(=O)(=O)N1CCOCC1. The molecule has 3 rings (SSSR count). The highest BCUT2D eigenvalue weighted by atomic mass is 35.5. The summed E-state index contributed by atoms with van der Waals surface area (Å²) in [6.07, 6.45) is 0. The Morgan fingerprint density at radius 1 is 1.13 bits per heavy atom. The minimum absolute atomic E-state index is 0.273. The predicted molar refractivity (Wildman–Crippen MR) is 87.6 cm³/mol. The summed E-state index contributed by atoms with van der Waals surface area (Å²) in [5.74, 6) is 0. The van der Waals surface area contributed by atoms with Gasteiger partial charge >= 0.3 is 0 Å². The van der Waals surface area contributed by atoms with Crippen LogP contribution in [-0.2, 0) is 14.8 Å². The number of halogens is 1. The van der Waals surface area contributed by atoms with Crippen molar-refractivity contribution in [3.63, 3.8) is 0 Å². The summed E-state index contributed by atoms with van der Waals surface area (Å²) in [7, 11) is -3.57. The van der Waals surface area contributed by atoms with E-state index in [4.69, 9.17) is 16.3 Å². The van der Waals surface area contributed by atoms with E-state index in [0.29, 0.717) is 42.7 Å². The second-order valence-corrected chi connectivity index (χ2v) is 7.72. The van der Waals surface area contributed by atoms with Crippen molar-refractivity contribution in [3.05, 3.63) is 40.7 Å². The van der Waals surface area contributed by atoms with Crippen molar-refractivity contribution >= 4 is 21.6 Å². The number of ether oxygens (including phenoxy) is 1. The maximum absolute atomic E-state index is 12.9. The van der Waals surface area contributed by atoms with Gasteiger partial charge in [-0.1, -0.05) is 11.6 Å². The molecule has 0 N–H and O–H groups in total. The fourth-order valence-electron chi connectivity index (χ4n) is 2.75. The lowest BCUT2D eigenvalue weighted by Gasteiger charge is -2.26. The first-order chi connectivity index (χ1) is 10.9. The topological polar surface area (TPSA) is 64.4 Å². The molecule has 23 heavy (non-hydrogen) atoms. The molecular formula is C15H18ClN3O3S. The first kappa shape index (κ1) is 16.4.